The third-order valence-corrected chi connectivity index (χ3v) is 6.05. The number of hydrogen-bond acceptors (Lipinski definition) is 5. The fourth-order valence-electron chi connectivity index (χ4n) is 4.22. The van der Waals surface area contributed by atoms with Crippen LogP contribution in [0.1, 0.15) is 16.7 Å². The zero-order valence-corrected chi connectivity index (χ0v) is 18.8. The molecule has 2 N–H and O–H groups in total. The van der Waals surface area contributed by atoms with E-state index in [1.54, 1.807) is 36.5 Å². The first-order valence-electron chi connectivity index (χ1n) is 10.1. The van der Waals surface area contributed by atoms with Crippen molar-refractivity contribution in [1.29, 1.82) is 0 Å². The van der Waals surface area contributed by atoms with Crippen molar-refractivity contribution >= 4 is 68.5 Å². The van der Waals surface area contributed by atoms with Crippen molar-refractivity contribution in [2.45, 2.75) is 0 Å². The zero-order valence-electron chi connectivity index (χ0n) is 18.0. The number of ether oxygens (including phenoxy) is 1. The van der Waals surface area contributed by atoms with Gasteiger partial charge in [0, 0.05) is 47.3 Å². The lowest BCUT2D eigenvalue weighted by Crippen LogP contribution is -2.22. The van der Waals surface area contributed by atoms with Gasteiger partial charge in [-0.15, -0.1) is 0 Å². The Kier molecular flexibility index (Phi) is 5.02. The second-order valence-corrected chi connectivity index (χ2v) is 8.17. The summed E-state index contributed by atoms with van der Waals surface area (Å²) in [6.45, 7) is 0. The Morgan fingerprint density at radius 2 is 1.85 bits per heavy atom. The van der Waals surface area contributed by atoms with Gasteiger partial charge in [0.05, 0.1) is 35.1 Å². The van der Waals surface area contributed by atoms with E-state index in [1.807, 2.05) is 11.6 Å². The van der Waals surface area contributed by atoms with Crippen LogP contribution in [0.3, 0.4) is 0 Å². The molecule has 9 heteroatoms. The third-order valence-electron chi connectivity index (χ3n) is 5.75. The Balaban J connectivity index is 1.73. The molecule has 170 valence electrons. The highest BCUT2D eigenvalue weighted by atomic mass is 35.5. The van der Waals surface area contributed by atoms with Crippen LogP contribution in [-0.2, 0) is 21.4 Å². The van der Waals surface area contributed by atoms with Gasteiger partial charge in [0.25, 0.3) is 11.8 Å². The van der Waals surface area contributed by atoms with Gasteiger partial charge in [-0.3, -0.25) is 14.9 Å². The van der Waals surface area contributed by atoms with Crippen LogP contribution in [-0.4, -0.2) is 34.6 Å². The number of carbonyl (C=O) groups excluding carboxylic acids is 2. The number of fused-ring (bicyclic) bond motifs is 2. The van der Waals surface area contributed by atoms with Crippen molar-refractivity contribution in [3.05, 3.63) is 70.6 Å². The summed E-state index contributed by atoms with van der Waals surface area (Å²) in [5.74, 6) is -1.62. The summed E-state index contributed by atoms with van der Waals surface area (Å²) in [5, 5.41) is 12.9. The summed E-state index contributed by atoms with van der Waals surface area (Å²) in [5.41, 5.74) is 3.27. The summed E-state index contributed by atoms with van der Waals surface area (Å²) < 4.78 is 12.8. The molecule has 1 aliphatic rings. The van der Waals surface area contributed by atoms with Gasteiger partial charge >= 0.3 is 5.97 Å². The minimum Gasteiger partial charge on any atom is -0.495 e. The van der Waals surface area contributed by atoms with Crippen LogP contribution in [0, 0.1) is 0 Å². The Bertz CT molecular complexity index is 1600. The van der Waals surface area contributed by atoms with Gasteiger partial charge in [-0.2, -0.15) is 0 Å². The predicted octanol–water partition coefficient (Wildman–Crippen LogP) is 4.25. The molecule has 1 aliphatic heterocycles. The standard InChI is InChI=1S/C25H17ClN2O6/c1-28-10-15(14-8-17(26)20(33-2)9-18(14)28)22-23(25(32)27-24(22)31)16-11-34-19-7-12(3-5-13(16)19)4-6-21(29)30/h3-11H,1-2H3,(H,29,30)(H,27,31,32)/b6-4+. The summed E-state index contributed by atoms with van der Waals surface area (Å²) >= 11 is 6.36. The van der Waals surface area contributed by atoms with E-state index < -0.39 is 17.8 Å². The minimum absolute atomic E-state index is 0.192. The molecule has 0 bridgehead atoms. The van der Waals surface area contributed by atoms with Gasteiger partial charge in [0.1, 0.15) is 11.3 Å². The molecule has 4 aromatic rings. The summed E-state index contributed by atoms with van der Waals surface area (Å²) in [6, 6.07) is 8.58. The number of hydrogen-bond donors (Lipinski definition) is 2. The second kappa shape index (κ2) is 7.93. The zero-order chi connectivity index (χ0) is 24.1. The Morgan fingerprint density at radius 1 is 1.12 bits per heavy atom. The number of rotatable bonds is 5. The largest absolute Gasteiger partial charge is 0.495 e. The fraction of sp³-hybridized carbons (Fsp3) is 0.0800. The third kappa shape index (κ3) is 3.36. The van der Waals surface area contributed by atoms with E-state index in [1.165, 1.54) is 19.4 Å². The van der Waals surface area contributed by atoms with E-state index in [2.05, 4.69) is 5.32 Å². The molecule has 0 saturated heterocycles. The van der Waals surface area contributed by atoms with Crippen LogP contribution < -0.4 is 10.1 Å². The maximum Gasteiger partial charge on any atom is 0.328 e. The molecule has 0 radical (unpaired) electrons. The normalized spacial score (nSPS) is 14.1. The van der Waals surface area contributed by atoms with Crippen LogP contribution in [0.2, 0.25) is 5.02 Å². The van der Waals surface area contributed by atoms with Crippen LogP contribution in [0.4, 0.5) is 0 Å². The number of carboxylic acid groups (broad SMARTS) is 1. The molecule has 8 nitrogen and oxygen atoms in total. The molecular formula is C25H17ClN2O6. The van der Waals surface area contributed by atoms with Crippen LogP contribution in [0.25, 0.3) is 39.1 Å². The maximum absolute atomic E-state index is 12.9. The smallest absolute Gasteiger partial charge is 0.328 e. The topological polar surface area (TPSA) is 111 Å². The molecular weight excluding hydrogens is 460 g/mol. The first-order chi connectivity index (χ1) is 16.3. The quantitative estimate of drug-likeness (QED) is 0.329. The Labute approximate surface area is 197 Å². The van der Waals surface area contributed by atoms with E-state index >= 15 is 0 Å². The Morgan fingerprint density at radius 3 is 2.56 bits per heavy atom. The molecule has 3 heterocycles. The van der Waals surface area contributed by atoms with E-state index in [4.69, 9.17) is 25.9 Å². The highest BCUT2D eigenvalue weighted by Crippen LogP contribution is 2.41. The van der Waals surface area contributed by atoms with Gasteiger partial charge in [-0.25, -0.2) is 4.79 Å². The number of amides is 2. The SMILES string of the molecule is COc1cc2c(cc1Cl)c(C1=C(c3coc4cc(/C=C/C(=O)O)ccc34)C(=O)NC1=O)cn2C. The lowest BCUT2D eigenvalue weighted by molar-refractivity contribution is -0.131. The van der Waals surface area contributed by atoms with E-state index in [9.17, 15) is 14.4 Å². The van der Waals surface area contributed by atoms with Gasteiger partial charge in [-0.1, -0.05) is 17.7 Å². The molecule has 2 amide bonds. The van der Waals surface area contributed by atoms with Crippen molar-refractivity contribution in [2.24, 2.45) is 7.05 Å². The van der Waals surface area contributed by atoms with Crippen molar-refractivity contribution in [3.63, 3.8) is 0 Å². The molecule has 34 heavy (non-hydrogen) atoms. The molecule has 2 aromatic carbocycles. The minimum atomic E-state index is -1.07. The molecule has 0 spiro atoms. The first-order valence-corrected chi connectivity index (χ1v) is 10.5. The van der Waals surface area contributed by atoms with Crippen LogP contribution in [0.5, 0.6) is 5.75 Å². The number of nitrogens with zero attached hydrogens (tertiary/aromatic N) is 1. The van der Waals surface area contributed by atoms with Gasteiger partial charge in [-0.05, 0) is 29.8 Å². The first kappa shape index (κ1) is 21.5. The molecule has 0 unspecified atom stereocenters. The van der Waals surface area contributed by atoms with Gasteiger partial charge < -0.3 is 18.8 Å². The maximum atomic E-state index is 12.9. The van der Waals surface area contributed by atoms with Crippen molar-refractivity contribution in [1.82, 2.24) is 9.88 Å². The van der Waals surface area contributed by atoms with Crippen molar-refractivity contribution < 1.29 is 28.6 Å². The molecule has 0 atom stereocenters. The number of benzene rings is 2. The van der Waals surface area contributed by atoms with Crippen molar-refractivity contribution in [3.8, 4) is 5.75 Å². The molecule has 0 saturated carbocycles. The van der Waals surface area contributed by atoms with Crippen LogP contribution in [0.15, 0.2) is 53.3 Å². The molecule has 0 fully saturated rings. The van der Waals surface area contributed by atoms with E-state index in [0.29, 0.717) is 43.8 Å². The fourth-order valence-corrected chi connectivity index (χ4v) is 4.46. The lowest BCUT2D eigenvalue weighted by Gasteiger charge is -2.06. The number of carboxylic acids is 1. The number of furan rings is 1. The number of carbonyl (C=O) groups is 3. The molecule has 5 rings (SSSR count). The molecule has 2 aromatic heterocycles. The average molecular weight is 477 g/mol. The summed E-state index contributed by atoms with van der Waals surface area (Å²) in [7, 11) is 3.35. The highest BCUT2D eigenvalue weighted by molar-refractivity contribution is 6.50. The number of imide groups is 1. The molecule has 0 aliphatic carbocycles. The summed E-state index contributed by atoms with van der Waals surface area (Å²) in [4.78, 5) is 36.6. The lowest BCUT2D eigenvalue weighted by atomic mass is 9.95. The number of aliphatic carboxylic acids is 1. The number of nitrogens with one attached hydrogen (secondary N) is 1. The van der Waals surface area contributed by atoms with E-state index in [0.717, 1.165) is 11.6 Å². The van der Waals surface area contributed by atoms with E-state index in [-0.39, 0.29) is 11.1 Å². The monoisotopic (exact) mass is 476 g/mol. The summed E-state index contributed by atoms with van der Waals surface area (Å²) in [6.07, 6.45) is 5.65. The second-order valence-electron chi connectivity index (χ2n) is 7.77. The Hall–Kier alpha value is -4.30. The number of methoxy groups -OCH3 is 1. The number of aryl methyl sites for hydroxylation is 1. The van der Waals surface area contributed by atoms with Crippen LogP contribution >= 0.6 is 11.6 Å². The number of halogens is 1. The average Bonchev–Trinajstić information content (AvgIpc) is 3.43. The highest BCUT2D eigenvalue weighted by Gasteiger charge is 2.35. The predicted molar refractivity (Wildman–Crippen MR) is 127 cm³/mol. The number of aromatic nitrogens is 1. The van der Waals surface area contributed by atoms with Gasteiger partial charge in [0.2, 0.25) is 0 Å². The van der Waals surface area contributed by atoms with Crippen molar-refractivity contribution in [2.75, 3.05) is 7.11 Å². The van der Waals surface area contributed by atoms with Gasteiger partial charge in [0.15, 0.2) is 0 Å².